The van der Waals surface area contributed by atoms with Crippen molar-refractivity contribution in [2.75, 3.05) is 0 Å². The fraction of sp³-hybridized carbons (Fsp3) is 0.211. The Balaban J connectivity index is 1.70. The summed E-state index contributed by atoms with van der Waals surface area (Å²) in [7, 11) is 0. The van der Waals surface area contributed by atoms with Gasteiger partial charge in [0.15, 0.2) is 0 Å². The highest BCUT2D eigenvalue weighted by molar-refractivity contribution is 9.10. The number of nitrogens with zero attached hydrogens (tertiary/aromatic N) is 6. The Morgan fingerprint density at radius 1 is 1.17 bits per heavy atom. The van der Waals surface area contributed by atoms with Crippen LogP contribution in [0.5, 0.6) is 0 Å². The van der Waals surface area contributed by atoms with Gasteiger partial charge in [-0.2, -0.15) is 5.10 Å². The number of aliphatic hydroxyl groups is 1. The van der Waals surface area contributed by atoms with Crippen LogP contribution >= 0.6 is 15.9 Å². The first-order valence-corrected chi connectivity index (χ1v) is 9.68. The van der Waals surface area contributed by atoms with Gasteiger partial charge in [0.25, 0.3) is 5.56 Å². The highest BCUT2D eigenvalue weighted by Gasteiger charge is 2.33. The van der Waals surface area contributed by atoms with E-state index in [0.29, 0.717) is 21.4 Å². The SMILES string of the molecule is O=c1c2cc(Br)ccc2nnn1CCC(O)(Cn1cncn1)c1ccc(F)cc1F. The summed E-state index contributed by atoms with van der Waals surface area (Å²) in [5, 5.41) is 23.5. The summed E-state index contributed by atoms with van der Waals surface area (Å²) >= 11 is 3.32. The molecule has 2 aromatic carbocycles. The third-order valence-electron chi connectivity index (χ3n) is 4.74. The molecule has 2 heterocycles. The average molecular weight is 477 g/mol. The van der Waals surface area contributed by atoms with Crippen molar-refractivity contribution in [2.24, 2.45) is 0 Å². The summed E-state index contributed by atoms with van der Waals surface area (Å²) in [5.41, 5.74) is -1.89. The summed E-state index contributed by atoms with van der Waals surface area (Å²) in [6.45, 7) is -0.215. The summed E-state index contributed by atoms with van der Waals surface area (Å²) in [6.07, 6.45) is 2.54. The Labute approximate surface area is 176 Å². The van der Waals surface area contributed by atoms with E-state index in [1.54, 1.807) is 18.2 Å². The lowest BCUT2D eigenvalue weighted by molar-refractivity contribution is -0.00227. The molecule has 8 nitrogen and oxygen atoms in total. The van der Waals surface area contributed by atoms with Crippen LogP contribution in [0.2, 0.25) is 0 Å². The second kappa shape index (κ2) is 8.00. The second-order valence-electron chi connectivity index (χ2n) is 6.78. The Morgan fingerprint density at radius 2 is 2.00 bits per heavy atom. The molecular formula is C19H15BrF2N6O2. The maximum atomic E-state index is 14.5. The van der Waals surface area contributed by atoms with Crippen molar-refractivity contribution in [3.05, 3.63) is 81.1 Å². The maximum absolute atomic E-state index is 14.5. The minimum atomic E-state index is -1.81. The molecule has 0 amide bonds. The first-order chi connectivity index (χ1) is 14.4. The van der Waals surface area contributed by atoms with E-state index in [1.165, 1.54) is 23.4 Å². The summed E-state index contributed by atoms with van der Waals surface area (Å²) in [5.74, 6) is -1.67. The van der Waals surface area contributed by atoms with E-state index in [0.717, 1.165) is 10.7 Å². The van der Waals surface area contributed by atoms with Crippen molar-refractivity contribution in [1.82, 2.24) is 29.8 Å². The monoisotopic (exact) mass is 476 g/mol. The summed E-state index contributed by atoms with van der Waals surface area (Å²) in [4.78, 5) is 16.6. The third kappa shape index (κ3) is 3.98. The van der Waals surface area contributed by atoms with Gasteiger partial charge in [0.2, 0.25) is 0 Å². The predicted octanol–water partition coefficient (Wildman–Crippen LogP) is 2.40. The molecule has 30 heavy (non-hydrogen) atoms. The molecule has 1 N–H and O–H groups in total. The van der Waals surface area contributed by atoms with Crippen LogP contribution in [-0.2, 0) is 18.7 Å². The number of hydrogen-bond acceptors (Lipinski definition) is 6. The Kier molecular flexibility index (Phi) is 5.39. The van der Waals surface area contributed by atoms with Crippen LogP contribution in [0.15, 0.2) is 58.3 Å². The van der Waals surface area contributed by atoms with Gasteiger partial charge in [-0.25, -0.2) is 23.1 Å². The lowest BCUT2D eigenvalue weighted by Crippen LogP contribution is -2.36. The number of halogens is 3. The van der Waals surface area contributed by atoms with Gasteiger partial charge in [-0.3, -0.25) is 4.79 Å². The van der Waals surface area contributed by atoms with E-state index >= 15 is 0 Å². The van der Waals surface area contributed by atoms with E-state index in [1.807, 2.05) is 0 Å². The number of aromatic nitrogens is 6. The molecular weight excluding hydrogens is 462 g/mol. The van der Waals surface area contributed by atoms with E-state index in [4.69, 9.17) is 0 Å². The van der Waals surface area contributed by atoms with Crippen LogP contribution in [0.3, 0.4) is 0 Å². The number of hydrogen-bond donors (Lipinski definition) is 1. The number of fused-ring (bicyclic) bond motifs is 1. The third-order valence-corrected chi connectivity index (χ3v) is 5.24. The fourth-order valence-electron chi connectivity index (χ4n) is 3.23. The van der Waals surface area contributed by atoms with Gasteiger partial charge in [0.05, 0.1) is 11.9 Å². The van der Waals surface area contributed by atoms with Gasteiger partial charge in [-0.05, 0) is 24.3 Å². The molecule has 0 aliphatic rings. The van der Waals surface area contributed by atoms with Crippen LogP contribution in [0.1, 0.15) is 12.0 Å². The Hall–Kier alpha value is -3.05. The second-order valence-corrected chi connectivity index (χ2v) is 7.69. The molecule has 0 saturated carbocycles. The van der Waals surface area contributed by atoms with Crippen molar-refractivity contribution < 1.29 is 13.9 Å². The van der Waals surface area contributed by atoms with Crippen molar-refractivity contribution in [3.8, 4) is 0 Å². The quantitative estimate of drug-likeness (QED) is 0.458. The van der Waals surface area contributed by atoms with Gasteiger partial charge in [-0.1, -0.05) is 27.2 Å². The first kappa shape index (κ1) is 20.2. The van der Waals surface area contributed by atoms with Crippen molar-refractivity contribution in [1.29, 1.82) is 0 Å². The normalized spacial score (nSPS) is 13.5. The topological polar surface area (TPSA) is 98.7 Å². The molecule has 0 saturated heterocycles. The first-order valence-electron chi connectivity index (χ1n) is 8.89. The number of rotatable bonds is 6. The van der Waals surface area contributed by atoms with Gasteiger partial charge in [0.1, 0.15) is 35.4 Å². The molecule has 0 aliphatic carbocycles. The molecule has 0 radical (unpaired) electrons. The molecule has 4 aromatic rings. The minimum absolute atomic E-state index is 0.0592. The van der Waals surface area contributed by atoms with E-state index < -0.39 is 22.8 Å². The molecule has 2 aromatic heterocycles. The fourth-order valence-corrected chi connectivity index (χ4v) is 3.59. The highest BCUT2D eigenvalue weighted by Crippen LogP contribution is 2.30. The molecule has 0 aliphatic heterocycles. The Bertz CT molecular complexity index is 1260. The van der Waals surface area contributed by atoms with Crippen LogP contribution < -0.4 is 5.56 Å². The highest BCUT2D eigenvalue weighted by atomic mass is 79.9. The molecule has 4 rings (SSSR count). The predicted molar refractivity (Wildman–Crippen MR) is 106 cm³/mol. The molecule has 0 fully saturated rings. The molecule has 11 heteroatoms. The average Bonchev–Trinajstić information content (AvgIpc) is 3.20. The molecule has 1 unspecified atom stereocenters. The molecule has 1 atom stereocenters. The van der Waals surface area contributed by atoms with Gasteiger partial charge in [0, 0.05) is 29.1 Å². The van der Waals surface area contributed by atoms with Crippen LogP contribution in [0.25, 0.3) is 10.9 Å². The van der Waals surface area contributed by atoms with Crippen LogP contribution in [-0.4, -0.2) is 34.9 Å². The van der Waals surface area contributed by atoms with E-state index in [-0.39, 0.29) is 25.1 Å². The summed E-state index contributed by atoms with van der Waals surface area (Å²) in [6, 6.07) is 7.96. The standard InChI is InChI=1S/C19H15BrF2N6O2/c20-12-1-4-17-14(7-12)18(29)28(26-25-17)6-5-19(30,9-27-11-23-10-24-27)15-3-2-13(21)8-16(15)22/h1-4,7-8,10-11,30H,5-6,9H2. The van der Waals surface area contributed by atoms with Gasteiger partial charge < -0.3 is 5.11 Å². The number of benzene rings is 2. The van der Waals surface area contributed by atoms with Gasteiger partial charge >= 0.3 is 0 Å². The van der Waals surface area contributed by atoms with E-state index in [2.05, 4.69) is 36.3 Å². The lowest BCUT2D eigenvalue weighted by Gasteiger charge is -2.29. The van der Waals surface area contributed by atoms with E-state index in [9.17, 15) is 18.7 Å². The van der Waals surface area contributed by atoms with Gasteiger partial charge in [-0.15, -0.1) is 5.10 Å². The zero-order valence-corrected chi connectivity index (χ0v) is 17.0. The molecule has 0 spiro atoms. The Morgan fingerprint density at radius 3 is 2.73 bits per heavy atom. The van der Waals surface area contributed by atoms with Crippen molar-refractivity contribution >= 4 is 26.8 Å². The lowest BCUT2D eigenvalue weighted by atomic mass is 9.89. The number of aryl methyl sites for hydroxylation is 1. The largest absolute Gasteiger partial charge is 0.383 e. The smallest absolute Gasteiger partial charge is 0.277 e. The van der Waals surface area contributed by atoms with Crippen molar-refractivity contribution in [3.63, 3.8) is 0 Å². The minimum Gasteiger partial charge on any atom is -0.383 e. The molecule has 154 valence electrons. The zero-order valence-electron chi connectivity index (χ0n) is 15.4. The van der Waals surface area contributed by atoms with Crippen LogP contribution in [0, 0.1) is 11.6 Å². The molecule has 0 bridgehead atoms. The zero-order chi connectivity index (χ0) is 21.3. The summed E-state index contributed by atoms with van der Waals surface area (Å²) < 4.78 is 31.0. The van der Waals surface area contributed by atoms with Crippen LogP contribution in [0.4, 0.5) is 8.78 Å². The van der Waals surface area contributed by atoms with Crippen molar-refractivity contribution in [2.45, 2.75) is 25.1 Å². The maximum Gasteiger partial charge on any atom is 0.277 e.